The van der Waals surface area contributed by atoms with Crippen LogP contribution < -0.4 is 0 Å². The fraction of sp³-hybridized carbons (Fsp3) is 0.161. The summed E-state index contributed by atoms with van der Waals surface area (Å²) in [6, 6.07) is 32.9. The van der Waals surface area contributed by atoms with Crippen molar-refractivity contribution >= 4 is 41.2 Å². The number of likely N-dealkylation sites (N-methyl/N-ethyl adjacent to an activating group) is 1. The van der Waals surface area contributed by atoms with Crippen LogP contribution in [0.1, 0.15) is 28.7 Å². The molecule has 0 bridgehead atoms. The molecule has 0 radical (unpaired) electrons. The first-order valence-electron chi connectivity index (χ1n) is 11.5. The fourth-order valence-corrected chi connectivity index (χ4v) is 5.05. The number of halogens is 2. The molecular formula is C31H31Cl2NOTi. The molecule has 0 aromatic heterocycles. The van der Waals surface area contributed by atoms with Crippen molar-refractivity contribution in [2.45, 2.75) is 12.0 Å². The maximum absolute atomic E-state index is 12.8. The van der Waals surface area contributed by atoms with Crippen LogP contribution in [0.4, 0.5) is 0 Å². The number of nitrogens with zero attached hydrogens (tertiary/aromatic N) is 1. The maximum Gasteiger partial charge on any atom is 0.141 e. The third-order valence-electron chi connectivity index (χ3n) is 6.51. The van der Waals surface area contributed by atoms with Gasteiger partial charge in [-0.15, -0.1) is 24.8 Å². The Morgan fingerprint density at radius 3 is 1.89 bits per heavy atom. The van der Waals surface area contributed by atoms with E-state index in [-0.39, 0.29) is 46.5 Å². The monoisotopic (exact) mass is 551 g/mol. The van der Waals surface area contributed by atoms with Gasteiger partial charge >= 0.3 is 0 Å². The van der Waals surface area contributed by atoms with Crippen LogP contribution in [0.5, 0.6) is 0 Å². The van der Waals surface area contributed by atoms with Gasteiger partial charge in [-0.2, -0.15) is 0 Å². The molecule has 0 heterocycles. The summed E-state index contributed by atoms with van der Waals surface area (Å²) in [4.78, 5) is 2.20. The third kappa shape index (κ3) is 5.55. The molecule has 1 aliphatic carbocycles. The number of fused-ring (bicyclic) bond motifs is 1. The Hall–Kier alpha value is -2.17. The topological polar surface area (TPSA) is 23.5 Å². The molecular weight excluding hydrogens is 521 g/mol. The largest absolute Gasteiger partial charge is 0.376 e. The molecule has 1 aliphatic rings. The molecule has 0 unspecified atom stereocenters. The van der Waals surface area contributed by atoms with E-state index in [0.717, 1.165) is 46.0 Å². The number of allylic oxidation sites excluding steroid dienone is 2. The molecule has 0 saturated heterocycles. The Kier molecular flexibility index (Phi) is 10.8. The minimum atomic E-state index is -1.29. The van der Waals surface area contributed by atoms with Gasteiger partial charge in [-0.1, -0.05) is 109 Å². The molecule has 4 aromatic carbocycles. The summed E-state index contributed by atoms with van der Waals surface area (Å²) in [5.41, 5.74) is 5.11. The minimum absolute atomic E-state index is 0. The van der Waals surface area contributed by atoms with Gasteiger partial charge < -0.3 is 10.0 Å². The van der Waals surface area contributed by atoms with E-state index in [1.807, 2.05) is 60.7 Å². The van der Waals surface area contributed by atoms with Crippen LogP contribution >= 0.6 is 24.8 Å². The minimum Gasteiger partial charge on any atom is -0.376 e. The van der Waals surface area contributed by atoms with E-state index in [2.05, 4.69) is 67.5 Å². The molecule has 4 aromatic rings. The van der Waals surface area contributed by atoms with E-state index >= 15 is 0 Å². The van der Waals surface area contributed by atoms with Crippen molar-refractivity contribution in [3.05, 3.63) is 137 Å². The molecule has 36 heavy (non-hydrogen) atoms. The van der Waals surface area contributed by atoms with E-state index in [1.54, 1.807) is 0 Å². The smallest absolute Gasteiger partial charge is 0.141 e. The second-order valence-corrected chi connectivity index (χ2v) is 9.00. The van der Waals surface area contributed by atoms with Gasteiger partial charge in [0.05, 0.1) is 0 Å². The molecule has 5 rings (SSSR count). The van der Waals surface area contributed by atoms with E-state index in [4.69, 9.17) is 0 Å². The van der Waals surface area contributed by atoms with Crippen LogP contribution in [-0.2, 0) is 27.3 Å². The molecule has 0 fully saturated rings. The van der Waals surface area contributed by atoms with Crippen molar-refractivity contribution in [1.29, 1.82) is 0 Å². The number of hydrogen-bond acceptors (Lipinski definition) is 2. The van der Waals surface area contributed by atoms with Gasteiger partial charge in [0.1, 0.15) is 5.60 Å². The molecule has 184 valence electrons. The van der Waals surface area contributed by atoms with Gasteiger partial charge in [-0.05, 0) is 59.1 Å². The molecule has 0 aliphatic heterocycles. The van der Waals surface area contributed by atoms with E-state index < -0.39 is 5.60 Å². The third-order valence-corrected chi connectivity index (χ3v) is 6.51. The van der Waals surface area contributed by atoms with Crippen LogP contribution in [0.15, 0.2) is 115 Å². The van der Waals surface area contributed by atoms with Crippen molar-refractivity contribution in [2.24, 2.45) is 0 Å². The molecule has 0 atom stereocenters. The van der Waals surface area contributed by atoms with Crippen LogP contribution in [0.3, 0.4) is 0 Å². The summed E-state index contributed by atoms with van der Waals surface area (Å²) in [6.07, 6.45) is 5.34. The first-order valence-corrected chi connectivity index (χ1v) is 11.5. The zero-order valence-corrected chi connectivity index (χ0v) is 23.7. The van der Waals surface area contributed by atoms with Gasteiger partial charge in [-0.3, -0.25) is 0 Å². The van der Waals surface area contributed by atoms with E-state index in [1.165, 1.54) is 11.1 Å². The van der Waals surface area contributed by atoms with Crippen LogP contribution in [0.25, 0.3) is 16.3 Å². The Balaban J connectivity index is 0.00000152. The Bertz CT molecular complexity index is 1310. The normalized spacial score (nSPS) is 12.8. The fourth-order valence-electron chi connectivity index (χ4n) is 5.05. The summed E-state index contributed by atoms with van der Waals surface area (Å²) in [6.45, 7) is 0.868. The van der Waals surface area contributed by atoms with Crippen molar-refractivity contribution in [3.8, 4) is 0 Å². The zero-order valence-electron chi connectivity index (χ0n) is 20.5. The Labute approximate surface area is 241 Å². The first kappa shape index (κ1) is 30.1. The van der Waals surface area contributed by atoms with Gasteiger partial charge in [-0.25, -0.2) is 0 Å². The van der Waals surface area contributed by atoms with E-state index in [9.17, 15) is 5.11 Å². The number of rotatable bonds is 6. The average molecular weight is 552 g/mol. The summed E-state index contributed by atoms with van der Waals surface area (Å²) in [5.74, 6) is 0. The predicted octanol–water partition coefficient (Wildman–Crippen LogP) is 7.24. The SMILES string of the molecule is CN(C)CC1=C(c2ccc3ccccc3c2C(O)(c2ccccc2)c2ccccc2)CC=C1.Cl.Cl.[Ti]. The quantitative estimate of drug-likeness (QED) is 0.201. The predicted molar refractivity (Wildman–Crippen MR) is 153 cm³/mol. The van der Waals surface area contributed by atoms with Gasteiger partial charge in [0, 0.05) is 33.8 Å². The van der Waals surface area contributed by atoms with Crippen LogP contribution in [-0.4, -0.2) is 30.6 Å². The second kappa shape index (κ2) is 12.9. The summed E-state index contributed by atoms with van der Waals surface area (Å²) < 4.78 is 0. The number of benzene rings is 4. The van der Waals surface area contributed by atoms with Gasteiger partial charge in [0.25, 0.3) is 0 Å². The van der Waals surface area contributed by atoms with Crippen molar-refractivity contribution in [2.75, 3.05) is 20.6 Å². The van der Waals surface area contributed by atoms with Crippen molar-refractivity contribution in [1.82, 2.24) is 4.90 Å². The average Bonchev–Trinajstić information content (AvgIpc) is 3.31. The van der Waals surface area contributed by atoms with Crippen molar-refractivity contribution < 1.29 is 26.8 Å². The van der Waals surface area contributed by atoms with Gasteiger partial charge in [0.15, 0.2) is 0 Å². The van der Waals surface area contributed by atoms with Gasteiger partial charge in [0.2, 0.25) is 0 Å². The summed E-state index contributed by atoms with van der Waals surface area (Å²) in [5, 5.41) is 15.0. The molecule has 1 N–H and O–H groups in total. The molecule has 5 heteroatoms. The second-order valence-electron chi connectivity index (χ2n) is 9.00. The summed E-state index contributed by atoms with van der Waals surface area (Å²) >= 11 is 0. The Morgan fingerprint density at radius 1 is 0.750 bits per heavy atom. The van der Waals surface area contributed by atoms with E-state index in [0.29, 0.717) is 0 Å². The summed E-state index contributed by atoms with van der Waals surface area (Å²) in [7, 11) is 4.20. The molecule has 0 amide bonds. The first-order chi connectivity index (χ1) is 16.1. The maximum atomic E-state index is 12.8. The van der Waals surface area contributed by atoms with Crippen LogP contribution in [0.2, 0.25) is 0 Å². The Morgan fingerprint density at radius 2 is 1.31 bits per heavy atom. The molecule has 2 nitrogen and oxygen atoms in total. The van der Waals surface area contributed by atoms with Crippen LogP contribution in [0, 0.1) is 0 Å². The number of hydrogen-bond donors (Lipinski definition) is 1. The number of aliphatic hydroxyl groups is 1. The zero-order chi connectivity index (χ0) is 22.8. The standard InChI is InChI=1S/C31H29NO.2ClH.Ti/c1-32(2)22-24-13-11-19-27(24)29-21-20-23-12-9-10-18-28(23)30(29)31(33,25-14-5-3-6-15-25)26-16-7-4-8-17-26;;;/h3-18,20-21,33H,19,22H2,1-2H3;2*1H;. The molecule has 0 spiro atoms. The molecule has 0 saturated carbocycles. The van der Waals surface area contributed by atoms with Crippen molar-refractivity contribution in [3.63, 3.8) is 0 Å².